The van der Waals surface area contributed by atoms with Crippen LogP contribution < -0.4 is 10.2 Å². The van der Waals surface area contributed by atoms with E-state index >= 15 is 0 Å². The van der Waals surface area contributed by atoms with E-state index in [2.05, 4.69) is 20.2 Å². The van der Waals surface area contributed by atoms with E-state index in [1.165, 1.54) is 0 Å². The summed E-state index contributed by atoms with van der Waals surface area (Å²) in [6, 6.07) is 6.51. The number of rotatable bonds is 4. The molecule has 26 heavy (non-hydrogen) atoms. The Morgan fingerprint density at radius 1 is 1.12 bits per heavy atom. The third kappa shape index (κ3) is 4.27. The van der Waals surface area contributed by atoms with Gasteiger partial charge in [-0.3, -0.25) is 4.98 Å². The summed E-state index contributed by atoms with van der Waals surface area (Å²) >= 11 is 0. The standard InChI is InChI=1S/C18H21N5O3/c1-2-26-17(24)14-3-5-15(6-4-14)21-18(25)23-11-9-22(10-12-23)16-13-19-7-8-20-16/h3-8,13H,2,9-12H2,1H3,(H,21,25). The van der Waals surface area contributed by atoms with Crippen molar-refractivity contribution in [1.82, 2.24) is 14.9 Å². The van der Waals surface area contributed by atoms with Gasteiger partial charge in [-0.15, -0.1) is 0 Å². The molecule has 1 N–H and O–H groups in total. The number of esters is 1. The van der Waals surface area contributed by atoms with Crippen LogP contribution in [0.3, 0.4) is 0 Å². The summed E-state index contributed by atoms with van der Waals surface area (Å²) in [5, 5.41) is 2.85. The van der Waals surface area contributed by atoms with Gasteiger partial charge in [-0.1, -0.05) is 0 Å². The maximum Gasteiger partial charge on any atom is 0.338 e. The van der Waals surface area contributed by atoms with Crippen LogP contribution in [0.15, 0.2) is 42.9 Å². The molecule has 8 heteroatoms. The van der Waals surface area contributed by atoms with E-state index in [1.807, 2.05) is 0 Å². The molecule has 1 saturated heterocycles. The molecule has 1 aliphatic rings. The van der Waals surface area contributed by atoms with E-state index in [1.54, 1.807) is 54.7 Å². The maximum absolute atomic E-state index is 12.4. The summed E-state index contributed by atoms with van der Waals surface area (Å²) in [5.74, 6) is 0.452. The van der Waals surface area contributed by atoms with Crippen LogP contribution in [0.5, 0.6) is 0 Å². The lowest BCUT2D eigenvalue weighted by Gasteiger charge is -2.35. The summed E-state index contributed by atoms with van der Waals surface area (Å²) in [4.78, 5) is 36.3. The van der Waals surface area contributed by atoms with Gasteiger partial charge < -0.3 is 19.9 Å². The van der Waals surface area contributed by atoms with Crippen LogP contribution in [-0.2, 0) is 4.74 Å². The summed E-state index contributed by atoms with van der Waals surface area (Å²) in [6.45, 7) is 4.70. The van der Waals surface area contributed by atoms with Crippen LogP contribution >= 0.6 is 0 Å². The van der Waals surface area contributed by atoms with Gasteiger partial charge in [-0.05, 0) is 31.2 Å². The molecule has 8 nitrogen and oxygen atoms in total. The zero-order valence-electron chi connectivity index (χ0n) is 14.6. The Morgan fingerprint density at radius 2 is 1.85 bits per heavy atom. The van der Waals surface area contributed by atoms with Crippen molar-refractivity contribution in [2.75, 3.05) is 43.0 Å². The first-order chi connectivity index (χ1) is 12.7. The number of hydrogen-bond donors (Lipinski definition) is 1. The van der Waals surface area contributed by atoms with E-state index < -0.39 is 0 Å². The first kappa shape index (κ1) is 17.7. The number of urea groups is 1. The van der Waals surface area contributed by atoms with Crippen molar-refractivity contribution in [3.63, 3.8) is 0 Å². The number of anilines is 2. The fourth-order valence-electron chi connectivity index (χ4n) is 2.70. The van der Waals surface area contributed by atoms with Gasteiger partial charge in [-0.25, -0.2) is 14.6 Å². The Labute approximate surface area is 151 Å². The Balaban J connectivity index is 1.52. The van der Waals surface area contributed by atoms with Crippen molar-refractivity contribution in [1.29, 1.82) is 0 Å². The lowest BCUT2D eigenvalue weighted by molar-refractivity contribution is 0.0526. The second kappa shape index (κ2) is 8.28. The van der Waals surface area contributed by atoms with Gasteiger partial charge in [-0.2, -0.15) is 0 Å². The topological polar surface area (TPSA) is 87.7 Å². The van der Waals surface area contributed by atoms with Gasteiger partial charge in [0.2, 0.25) is 0 Å². The smallest absolute Gasteiger partial charge is 0.338 e. The molecule has 0 saturated carbocycles. The van der Waals surface area contributed by atoms with Crippen molar-refractivity contribution in [2.24, 2.45) is 0 Å². The molecular weight excluding hydrogens is 334 g/mol. The van der Waals surface area contributed by atoms with Gasteiger partial charge in [0.25, 0.3) is 0 Å². The number of carbonyl (C=O) groups is 2. The number of hydrogen-bond acceptors (Lipinski definition) is 6. The van der Waals surface area contributed by atoms with Crippen LogP contribution in [0.4, 0.5) is 16.3 Å². The van der Waals surface area contributed by atoms with E-state index in [4.69, 9.17) is 4.74 Å². The van der Waals surface area contributed by atoms with Crippen LogP contribution in [0.1, 0.15) is 17.3 Å². The normalized spacial score (nSPS) is 14.0. The van der Waals surface area contributed by atoms with Gasteiger partial charge in [0, 0.05) is 44.3 Å². The zero-order valence-corrected chi connectivity index (χ0v) is 14.6. The highest BCUT2D eigenvalue weighted by molar-refractivity contribution is 5.92. The van der Waals surface area contributed by atoms with E-state index in [9.17, 15) is 9.59 Å². The molecule has 1 aromatic carbocycles. The van der Waals surface area contributed by atoms with Crippen molar-refractivity contribution in [3.05, 3.63) is 48.4 Å². The molecule has 1 aliphatic heterocycles. The highest BCUT2D eigenvalue weighted by atomic mass is 16.5. The van der Waals surface area contributed by atoms with Gasteiger partial charge in [0.15, 0.2) is 0 Å². The van der Waals surface area contributed by atoms with Crippen LogP contribution in [-0.4, -0.2) is 59.7 Å². The van der Waals surface area contributed by atoms with Gasteiger partial charge in [0.1, 0.15) is 5.82 Å². The molecule has 0 bridgehead atoms. The van der Waals surface area contributed by atoms with Crippen LogP contribution in [0.2, 0.25) is 0 Å². The van der Waals surface area contributed by atoms with E-state index in [-0.39, 0.29) is 12.0 Å². The number of nitrogens with one attached hydrogen (secondary N) is 1. The third-order valence-electron chi connectivity index (χ3n) is 4.09. The Bertz CT molecular complexity index is 743. The summed E-state index contributed by atoms with van der Waals surface area (Å²) in [6.07, 6.45) is 5.02. The van der Waals surface area contributed by atoms with Crippen molar-refractivity contribution < 1.29 is 14.3 Å². The average Bonchev–Trinajstić information content (AvgIpc) is 2.69. The highest BCUT2D eigenvalue weighted by Gasteiger charge is 2.22. The van der Waals surface area contributed by atoms with Crippen molar-refractivity contribution in [2.45, 2.75) is 6.92 Å². The zero-order chi connectivity index (χ0) is 18.4. The van der Waals surface area contributed by atoms with Crippen LogP contribution in [0.25, 0.3) is 0 Å². The minimum Gasteiger partial charge on any atom is -0.462 e. The second-order valence-electron chi connectivity index (χ2n) is 5.77. The Kier molecular flexibility index (Phi) is 5.62. The monoisotopic (exact) mass is 355 g/mol. The number of aromatic nitrogens is 2. The largest absolute Gasteiger partial charge is 0.462 e. The number of nitrogens with zero attached hydrogens (tertiary/aromatic N) is 4. The minimum absolute atomic E-state index is 0.160. The predicted molar refractivity (Wildman–Crippen MR) is 97.2 cm³/mol. The molecule has 0 unspecified atom stereocenters. The first-order valence-corrected chi connectivity index (χ1v) is 8.51. The minimum atomic E-state index is -0.370. The lowest BCUT2D eigenvalue weighted by atomic mass is 10.2. The molecule has 1 aromatic heterocycles. The molecule has 2 aromatic rings. The Morgan fingerprint density at radius 3 is 2.46 bits per heavy atom. The maximum atomic E-state index is 12.4. The molecule has 0 spiro atoms. The molecule has 3 rings (SSSR count). The number of carbonyl (C=O) groups excluding carboxylic acids is 2. The van der Waals surface area contributed by atoms with E-state index in [0.717, 1.165) is 5.82 Å². The quantitative estimate of drug-likeness (QED) is 0.844. The van der Waals surface area contributed by atoms with E-state index in [0.29, 0.717) is 44.0 Å². The van der Waals surface area contributed by atoms with Crippen molar-refractivity contribution in [3.8, 4) is 0 Å². The molecule has 2 amide bonds. The fourth-order valence-corrected chi connectivity index (χ4v) is 2.70. The summed E-state index contributed by atoms with van der Waals surface area (Å²) in [5.41, 5.74) is 1.10. The predicted octanol–water partition coefficient (Wildman–Crippen LogP) is 2.01. The first-order valence-electron chi connectivity index (χ1n) is 8.51. The molecule has 2 heterocycles. The van der Waals surface area contributed by atoms with Crippen LogP contribution in [0, 0.1) is 0 Å². The second-order valence-corrected chi connectivity index (χ2v) is 5.77. The molecule has 0 aliphatic carbocycles. The lowest BCUT2D eigenvalue weighted by Crippen LogP contribution is -2.50. The fraction of sp³-hybridized carbons (Fsp3) is 0.333. The highest BCUT2D eigenvalue weighted by Crippen LogP contribution is 2.14. The summed E-state index contributed by atoms with van der Waals surface area (Å²) in [7, 11) is 0. The molecule has 136 valence electrons. The SMILES string of the molecule is CCOC(=O)c1ccc(NC(=O)N2CCN(c3cnccn3)CC2)cc1. The molecule has 1 fully saturated rings. The average molecular weight is 355 g/mol. The Hall–Kier alpha value is -3.16. The number of ether oxygens (including phenoxy) is 1. The number of amides is 2. The van der Waals surface area contributed by atoms with Gasteiger partial charge in [0.05, 0.1) is 18.4 Å². The molecular formula is C18H21N5O3. The summed E-state index contributed by atoms with van der Waals surface area (Å²) < 4.78 is 4.94. The number of benzene rings is 1. The third-order valence-corrected chi connectivity index (χ3v) is 4.09. The molecule has 0 atom stereocenters. The number of piperazine rings is 1. The molecule has 0 radical (unpaired) electrons. The van der Waals surface area contributed by atoms with Gasteiger partial charge >= 0.3 is 12.0 Å². The van der Waals surface area contributed by atoms with Crippen molar-refractivity contribution >= 4 is 23.5 Å².